The van der Waals surface area contributed by atoms with Crippen LogP contribution in [0.2, 0.25) is 0 Å². The number of ether oxygens (including phenoxy) is 1. The average molecular weight is 344 g/mol. The van der Waals surface area contributed by atoms with Gasteiger partial charge in [-0.25, -0.2) is 0 Å². The highest BCUT2D eigenvalue weighted by atomic mass is 16.5. The number of hydrogen-bond acceptors (Lipinski definition) is 3. The van der Waals surface area contributed by atoms with Crippen molar-refractivity contribution in [3.8, 4) is 5.75 Å². The molecule has 0 aliphatic heterocycles. The minimum atomic E-state index is 0.243. The minimum Gasteiger partial charge on any atom is -0.490 e. The maximum absolute atomic E-state index is 9.00. The molecule has 0 bridgehead atoms. The third-order valence-corrected chi connectivity index (χ3v) is 4.78. The van der Waals surface area contributed by atoms with E-state index in [0.29, 0.717) is 0 Å². The van der Waals surface area contributed by atoms with E-state index in [9.17, 15) is 0 Å². The van der Waals surface area contributed by atoms with Gasteiger partial charge in [-0.3, -0.25) is 0 Å². The number of aliphatic hydroxyl groups excluding tert-OH is 1. The highest BCUT2D eigenvalue weighted by Gasteiger charge is 2.07. The van der Waals surface area contributed by atoms with E-state index < -0.39 is 0 Å². The molecule has 25 heavy (non-hydrogen) atoms. The molecular formula is C22H33NO2. The summed E-state index contributed by atoms with van der Waals surface area (Å²) in [6.45, 7) is 7.50. The number of benzene rings is 2. The van der Waals surface area contributed by atoms with Crippen LogP contribution >= 0.6 is 0 Å². The van der Waals surface area contributed by atoms with Crippen LogP contribution in [-0.4, -0.2) is 42.4 Å². The summed E-state index contributed by atoms with van der Waals surface area (Å²) in [5.41, 5.74) is 0. The summed E-state index contributed by atoms with van der Waals surface area (Å²) in [5, 5.41) is 11.4. The van der Waals surface area contributed by atoms with E-state index in [1.54, 1.807) is 0 Å². The summed E-state index contributed by atoms with van der Waals surface area (Å²) < 4.78 is 6.19. The highest BCUT2D eigenvalue weighted by Crippen LogP contribution is 2.26. The van der Waals surface area contributed by atoms with Gasteiger partial charge in [0.1, 0.15) is 5.75 Å². The smallest absolute Gasteiger partial charge is 0.127 e. The lowest BCUT2D eigenvalue weighted by molar-refractivity contribution is 0.197. The Kier molecular flexibility index (Phi) is 8.78. The van der Waals surface area contributed by atoms with Crippen LogP contribution in [0.4, 0.5) is 0 Å². The second kappa shape index (κ2) is 11.1. The van der Waals surface area contributed by atoms with Gasteiger partial charge in [-0.2, -0.15) is 0 Å². The molecule has 0 aromatic heterocycles. The number of aliphatic hydroxyl groups is 1. The zero-order valence-electron chi connectivity index (χ0n) is 15.8. The van der Waals surface area contributed by atoms with Gasteiger partial charge in [0, 0.05) is 11.9 Å². The van der Waals surface area contributed by atoms with Gasteiger partial charge in [-0.05, 0) is 50.7 Å². The molecular weight excluding hydrogens is 310 g/mol. The van der Waals surface area contributed by atoms with Crippen LogP contribution in [0.1, 0.15) is 46.0 Å². The first-order valence-electron chi connectivity index (χ1n) is 9.72. The topological polar surface area (TPSA) is 32.7 Å². The fourth-order valence-electron chi connectivity index (χ4n) is 3.26. The summed E-state index contributed by atoms with van der Waals surface area (Å²) in [6.07, 6.45) is 6.26. The predicted molar refractivity (Wildman–Crippen MR) is 106 cm³/mol. The Balaban J connectivity index is 1.66. The van der Waals surface area contributed by atoms with Crippen molar-refractivity contribution in [2.45, 2.75) is 52.1 Å². The van der Waals surface area contributed by atoms with Crippen molar-refractivity contribution in [3.05, 3.63) is 42.5 Å². The first-order chi connectivity index (χ1) is 12.2. The first-order valence-corrected chi connectivity index (χ1v) is 9.72. The molecule has 0 amide bonds. The van der Waals surface area contributed by atoms with Crippen LogP contribution in [0.25, 0.3) is 10.8 Å². The molecule has 0 saturated carbocycles. The summed E-state index contributed by atoms with van der Waals surface area (Å²) in [6, 6.07) is 14.7. The molecule has 2 rings (SSSR count). The average Bonchev–Trinajstić information content (AvgIpc) is 2.64. The second-order valence-corrected chi connectivity index (χ2v) is 6.77. The Hall–Kier alpha value is -1.58. The van der Waals surface area contributed by atoms with Crippen LogP contribution in [0, 0.1) is 0 Å². The van der Waals surface area contributed by atoms with E-state index >= 15 is 0 Å². The van der Waals surface area contributed by atoms with Gasteiger partial charge in [0.15, 0.2) is 0 Å². The van der Waals surface area contributed by atoms with E-state index in [4.69, 9.17) is 9.84 Å². The normalized spacial score (nSPS) is 12.6. The molecule has 0 fully saturated rings. The molecule has 2 aromatic carbocycles. The van der Waals surface area contributed by atoms with E-state index in [2.05, 4.69) is 61.2 Å². The Morgan fingerprint density at radius 3 is 2.52 bits per heavy atom. The van der Waals surface area contributed by atoms with Crippen molar-refractivity contribution < 1.29 is 9.84 Å². The molecule has 138 valence electrons. The first kappa shape index (κ1) is 19.7. The number of rotatable bonds is 12. The van der Waals surface area contributed by atoms with Gasteiger partial charge < -0.3 is 14.7 Å². The molecule has 0 aliphatic rings. The third kappa shape index (κ3) is 6.68. The molecule has 0 saturated heterocycles. The van der Waals surface area contributed by atoms with Crippen molar-refractivity contribution in [2.75, 3.05) is 26.2 Å². The third-order valence-electron chi connectivity index (χ3n) is 4.78. The lowest BCUT2D eigenvalue weighted by Gasteiger charge is -2.19. The summed E-state index contributed by atoms with van der Waals surface area (Å²) in [5.74, 6) is 0.994. The fraction of sp³-hybridized carbons (Fsp3) is 0.545. The second-order valence-electron chi connectivity index (χ2n) is 6.77. The quantitative estimate of drug-likeness (QED) is 0.558. The molecule has 0 spiro atoms. The summed E-state index contributed by atoms with van der Waals surface area (Å²) in [7, 11) is 0. The van der Waals surface area contributed by atoms with E-state index in [-0.39, 0.29) is 12.7 Å². The molecule has 1 unspecified atom stereocenters. The zero-order chi connectivity index (χ0) is 17.9. The molecule has 3 nitrogen and oxygen atoms in total. The van der Waals surface area contributed by atoms with Gasteiger partial charge in [0.25, 0.3) is 0 Å². The van der Waals surface area contributed by atoms with Crippen molar-refractivity contribution in [2.24, 2.45) is 0 Å². The van der Waals surface area contributed by atoms with Crippen LogP contribution in [-0.2, 0) is 0 Å². The summed E-state index contributed by atoms with van der Waals surface area (Å²) >= 11 is 0. The number of unbranched alkanes of at least 4 members (excludes halogenated alkanes) is 3. The largest absolute Gasteiger partial charge is 0.490 e. The minimum absolute atomic E-state index is 0.243. The maximum atomic E-state index is 9.00. The van der Waals surface area contributed by atoms with Crippen molar-refractivity contribution in [1.29, 1.82) is 0 Å². The number of hydrogen-bond donors (Lipinski definition) is 1. The number of likely N-dealkylation sites (N-methyl/N-ethyl adjacent to an activating group) is 1. The lowest BCUT2D eigenvalue weighted by Crippen LogP contribution is -2.27. The van der Waals surface area contributed by atoms with Crippen molar-refractivity contribution >= 4 is 10.8 Å². The number of nitrogens with zero attached hydrogens (tertiary/aromatic N) is 1. The van der Waals surface area contributed by atoms with Crippen LogP contribution < -0.4 is 4.74 Å². The zero-order valence-corrected chi connectivity index (χ0v) is 15.8. The van der Waals surface area contributed by atoms with Crippen molar-refractivity contribution in [3.63, 3.8) is 0 Å². The summed E-state index contributed by atoms with van der Waals surface area (Å²) in [4.78, 5) is 2.31. The van der Waals surface area contributed by atoms with Gasteiger partial charge in [-0.15, -0.1) is 0 Å². The maximum Gasteiger partial charge on any atom is 0.127 e. The van der Waals surface area contributed by atoms with Crippen molar-refractivity contribution in [1.82, 2.24) is 4.90 Å². The standard InChI is InChI=1S/C22H33NO2/c1-3-23(17-18-24)16-9-5-4-6-11-19(2)25-22-15-10-13-20-12-7-8-14-21(20)22/h7-8,10,12-15,19,24H,3-6,9,11,16-18H2,1-2H3. The predicted octanol–water partition coefficient (Wildman–Crippen LogP) is 4.87. The number of fused-ring (bicyclic) bond motifs is 1. The van der Waals surface area contributed by atoms with Gasteiger partial charge in [0.2, 0.25) is 0 Å². The Bertz CT molecular complexity index is 609. The Labute approximate surface area is 152 Å². The van der Waals surface area contributed by atoms with Crippen LogP contribution in [0.3, 0.4) is 0 Å². The molecule has 3 heteroatoms. The van der Waals surface area contributed by atoms with Crippen LogP contribution in [0.15, 0.2) is 42.5 Å². The fourth-order valence-corrected chi connectivity index (χ4v) is 3.26. The molecule has 1 atom stereocenters. The molecule has 2 aromatic rings. The van der Waals surface area contributed by atoms with E-state index in [1.807, 2.05) is 0 Å². The molecule has 0 aliphatic carbocycles. The van der Waals surface area contributed by atoms with Gasteiger partial charge in [-0.1, -0.05) is 56.2 Å². The Morgan fingerprint density at radius 1 is 0.960 bits per heavy atom. The molecule has 0 heterocycles. The lowest BCUT2D eigenvalue weighted by atomic mass is 10.1. The van der Waals surface area contributed by atoms with Crippen LogP contribution in [0.5, 0.6) is 5.75 Å². The van der Waals surface area contributed by atoms with E-state index in [0.717, 1.165) is 31.8 Å². The van der Waals surface area contributed by atoms with Gasteiger partial charge >= 0.3 is 0 Å². The highest BCUT2D eigenvalue weighted by molar-refractivity contribution is 5.88. The SMILES string of the molecule is CCN(CCO)CCCCCCC(C)Oc1cccc2ccccc12. The molecule has 0 radical (unpaired) electrons. The van der Waals surface area contributed by atoms with Gasteiger partial charge in [0.05, 0.1) is 12.7 Å². The molecule has 1 N–H and O–H groups in total. The monoisotopic (exact) mass is 343 g/mol. The Morgan fingerprint density at radius 2 is 1.72 bits per heavy atom. The van der Waals surface area contributed by atoms with E-state index in [1.165, 1.54) is 36.5 Å².